The summed E-state index contributed by atoms with van der Waals surface area (Å²) in [7, 11) is 0. The molecule has 4 nitrogen and oxygen atoms in total. The fourth-order valence-corrected chi connectivity index (χ4v) is 2.26. The lowest BCUT2D eigenvalue weighted by Gasteiger charge is -2.18. The van der Waals surface area contributed by atoms with E-state index in [2.05, 4.69) is 15.9 Å². The van der Waals surface area contributed by atoms with Crippen LogP contribution in [-0.2, 0) is 9.53 Å². The molecule has 98 valence electrons. The summed E-state index contributed by atoms with van der Waals surface area (Å²) in [6.45, 7) is 1.35. The van der Waals surface area contributed by atoms with Gasteiger partial charge in [-0.1, -0.05) is 15.9 Å². The van der Waals surface area contributed by atoms with Crippen molar-refractivity contribution in [2.75, 3.05) is 19.8 Å². The maximum absolute atomic E-state index is 11.2. The Hall–Kier alpha value is -1.07. The van der Waals surface area contributed by atoms with E-state index in [9.17, 15) is 9.90 Å². The average Bonchev–Trinajstić information content (AvgIpc) is 2.85. The molecule has 18 heavy (non-hydrogen) atoms. The molecule has 0 bridgehead atoms. The van der Waals surface area contributed by atoms with Crippen LogP contribution >= 0.6 is 15.9 Å². The van der Waals surface area contributed by atoms with Gasteiger partial charge in [0.1, 0.15) is 12.4 Å². The number of halogens is 1. The van der Waals surface area contributed by atoms with Crippen molar-refractivity contribution in [3.63, 3.8) is 0 Å². The van der Waals surface area contributed by atoms with Gasteiger partial charge in [0.2, 0.25) is 0 Å². The summed E-state index contributed by atoms with van der Waals surface area (Å²) < 4.78 is 11.7. The van der Waals surface area contributed by atoms with Crippen molar-refractivity contribution in [1.29, 1.82) is 0 Å². The molecule has 0 aliphatic carbocycles. The first-order valence-electron chi connectivity index (χ1n) is 5.85. The lowest BCUT2D eigenvalue weighted by atomic mass is 9.92. The Kier molecular flexibility index (Phi) is 4.60. The number of hydrogen-bond acceptors (Lipinski definition) is 3. The van der Waals surface area contributed by atoms with Crippen molar-refractivity contribution in [2.24, 2.45) is 11.8 Å². The van der Waals surface area contributed by atoms with E-state index >= 15 is 0 Å². The van der Waals surface area contributed by atoms with E-state index in [4.69, 9.17) is 9.47 Å². The predicted octanol–water partition coefficient (Wildman–Crippen LogP) is 2.57. The van der Waals surface area contributed by atoms with Gasteiger partial charge in [0.15, 0.2) is 0 Å². The second-order valence-electron chi connectivity index (χ2n) is 4.33. The molecular weight excluding hydrogens is 300 g/mol. The second kappa shape index (κ2) is 6.20. The summed E-state index contributed by atoms with van der Waals surface area (Å²) in [6, 6.07) is 7.36. The standard InChI is InChI=1S/C13H15BrO4/c14-10-1-3-11(4-2-10)18-8-12(13(15)16)9-5-6-17-7-9/h1-4,9,12H,5-8H2,(H,15,16). The zero-order chi connectivity index (χ0) is 13.0. The van der Waals surface area contributed by atoms with Crippen LogP contribution in [0.2, 0.25) is 0 Å². The fourth-order valence-electron chi connectivity index (χ4n) is 2.00. The third-order valence-electron chi connectivity index (χ3n) is 3.09. The number of aliphatic carboxylic acids is 1. The molecule has 1 aliphatic rings. The summed E-state index contributed by atoms with van der Waals surface area (Å²) in [5.74, 6) is -0.583. The van der Waals surface area contributed by atoms with E-state index in [1.165, 1.54) is 0 Å². The Balaban J connectivity index is 1.93. The molecule has 5 heteroatoms. The predicted molar refractivity (Wildman–Crippen MR) is 69.7 cm³/mol. The van der Waals surface area contributed by atoms with E-state index in [1.54, 1.807) is 0 Å². The molecule has 0 saturated carbocycles. The SMILES string of the molecule is O=C(O)C(COc1ccc(Br)cc1)C1CCOC1. The average molecular weight is 315 g/mol. The van der Waals surface area contributed by atoms with Crippen LogP contribution in [-0.4, -0.2) is 30.9 Å². The Morgan fingerprint density at radius 3 is 2.78 bits per heavy atom. The van der Waals surface area contributed by atoms with Gasteiger partial charge in [0.05, 0.1) is 12.5 Å². The molecule has 0 amide bonds. The van der Waals surface area contributed by atoms with Crippen molar-refractivity contribution in [2.45, 2.75) is 6.42 Å². The van der Waals surface area contributed by atoms with Gasteiger partial charge in [-0.25, -0.2) is 0 Å². The first-order chi connectivity index (χ1) is 8.66. The lowest BCUT2D eigenvalue weighted by Crippen LogP contribution is -2.29. The van der Waals surface area contributed by atoms with Crippen LogP contribution < -0.4 is 4.74 Å². The number of carboxylic acids is 1. The minimum absolute atomic E-state index is 0.0537. The zero-order valence-corrected chi connectivity index (χ0v) is 11.4. The molecule has 0 aromatic heterocycles. The highest BCUT2D eigenvalue weighted by molar-refractivity contribution is 9.10. The van der Waals surface area contributed by atoms with Crippen LogP contribution in [0.3, 0.4) is 0 Å². The number of carboxylic acid groups (broad SMARTS) is 1. The Morgan fingerprint density at radius 1 is 1.50 bits per heavy atom. The topological polar surface area (TPSA) is 55.8 Å². The molecule has 1 aromatic carbocycles. The first-order valence-corrected chi connectivity index (χ1v) is 6.65. The third kappa shape index (κ3) is 3.46. The van der Waals surface area contributed by atoms with Crippen molar-refractivity contribution in [1.82, 2.24) is 0 Å². The summed E-state index contributed by atoms with van der Waals surface area (Å²) in [5.41, 5.74) is 0. The molecule has 0 spiro atoms. The molecule has 1 fully saturated rings. The van der Waals surface area contributed by atoms with Crippen molar-refractivity contribution in [3.8, 4) is 5.75 Å². The Bertz CT molecular complexity index is 398. The van der Waals surface area contributed by atoms with Gasteiger partial charge >= 0.3 is 5.97 Å². The van der Waals surface area contributed by atoms with Crippen molar-refractivity contribution in [3.05, 3.63) is 28.7 Å². The number of ether oxygens (including phenoxy) is 2. The smallest absolute Gasteiger partial charge is 0.310 e. The molecule has 0 radical (unpaired) electrons. The summed E-state index contributed by atoms with van der Waals surface area (Å²) >= 11 is 3.34. The molecule has 1 aliphatic heterocycles. The highest BCUT2D eigenvalue weighted by Crippen LogP contribution is 2.24. The van der Waals surface area contributed by atoms with Gasteiger partial charge in [-0.2, -0.15) is 0 Å². The van der Waals surface area contributed by atoms with E-state index in [1.807, 2.05) is 24.3 Å². The molecule has 1 aromatic rings. The van der Waals surface area contributed by atoms with Crippen molar-refractivity contribution >= 4 is 21.9 Å². The number of hydrogen-bond donors (Lipinski definition) is 1. The largest absolute Gasteiger partial charge is 0.493 e. The molecule has 1 heterocycles. The van der Waals surface area contributed by atoms with Crippen LogP contribution in [0.1, 0.15) is 6.42 Å². The van der Waals surface area contributed by atoms with Gasteiger partial charge in [-0.15, -0.1) is 0 Å². The van der Waals surface area contributed by atoms with Crippen molar-refractivity contribution < 1.29 is 19.4 Å². The molecule has 2 unspecified atom stereocenters. The third-order valence-corrected chi connectivity index (χ3v) is 3.62. The fraction of sp³-hybridized carbons (Fsp3) is 0.462. The molecular formula is C13H15BrO4. The number of rotatable bonds is 5. The highest BCUT2D eigenvalue weighted by Gasteiger charge is 2.31. The monoisotopic (exact) mass is 314 g/mol. The Labute approximate surface area is 114 Å². The normalized spacial score (nSPS) is 20.6. The van der Waals surface area contributed by atoms with Crippen LogP contribution in [0.5, 0.6) is 5.75 Å². The van der Waals surface area contributed by atoms with Crippen LogP contribution in [0.15, 0.2) is 28.7 Å². The Morgan fingerprint density at radius 2 is 2.22 bits per heavy atom. The minimum atomic E-state index is -0.817. The second-order valence-corrected chi connectivity index (χ2v) is 5.25. The van der Waals surface area contributed by atoms with Crippen LogP contribution in [0, 0.1) is 11.8 Å². The van der Waals surface area contributed by atoms with Gasteiger partial charge in [0, 0.05) is 17.0 Å². The summed E-state index contributed by atoms with van der Waals surface area (Å²) in [4.78, 5) is 11.2. The number of benzene rings is 1. The van der Waals surface area contributed by atoms with E-state index in [0.717, 1.165) is 10.9 Å². The van der Waals surface area contributed by atoms with E-state index < -0.39 is 11.9 Å². The maximum Gasteiger partial charge on any atom is 0.310 e. The summed E-state index contributed by atoms with van der Waals surface area (Å²) in [5, 5.41) is 9.21. The first kappa shape index (κ1) is 13.4. The zero-order valence-electron chi connectivity index (χ0n) is 9.84. The number of carbonyl (C=O) groups is 1. The summed E-state index contributed by atoms with van der Waals surface area (Å²) in [6.07, 6.45) is 0.792. The van der Waals surface area contributed by atoms with Gasteiger partial charge in [0.25, 0.3) is 0 Å². The van der Waals surface area contributed by atoms with Gasteiger partial charge in [-0.05, 0) is 30.7 Å². The quantitative estimate of drug-likeness (QED) is 0.907. The minimum Gasteiger partial charge on any atom is -0.493 e. The van der Waals surface area contributed by atoms with Gasteiger partial charge < -0.3 is 14.6 Å². The van der Waals surface area contributed by atoms with E-state index in [0.29, 0.717) is 19.0 Å². The van der Waals surface area contributed by atoms with Crippen LogP contribution in [0.4, 0.5) is 0 Å². The van der Waals surface area contributed by atoms with Gasteiger partial charge in [-0.3, -0.25) is 4.79 Å². The van der Waals surface area contributed by atoms with E-state index in [-0.39, 0.29) is 12.5 Å². The molecule has 1 N–H and O–H groups in total. The maximum atomic E-state index is 11.2. The molecule has 2 atom stereocenters. The molecule has 1 saturated heterocycles. The lowest BCUT2D eigenvalue weighted by molar-refractivity contribution is -0.145. The highest BCUT2D eigenvalue weighted by atomic mass is 79.9. The van der Waals surface area contributed by atoms with Crippen LogP contribution in [0.25, 0.3) is 0 Å². The molecule has 2 rings (SSSR count).